The Morgan fingerprint density at radius 1 is 0.875 bits per heavy atom. The highest BCUT2D eigenvalue weighted by Crippen LogP contribution is 2.30. The van der Waals surface area contributed by atoms with Gasteiger partial charge in [-0.15, -0.1) is 10.2 Å². The maximum atomic E-state index is 12.9. The maximum Gasteiger partial charge on any atom is 0.265 e. The average molecular weight is 455 g/mol. The van der Waals surface area contributed by atoms with Crippen LogP contribution in [0.1, 0.15) is 19.3 Å². The highest BCUT2D eigenvalue weighted by molar-refractivity contribution is 7.92. The van der Waals surface area contributed by atoms with Crippen LogP contribution in [0.15, 0.2) is 59.5 Å². The molecule has 0 bridgehead atoms. The Labute approximate surface area is 188 Å². The monoisotopic (exact) mass is 454 g/mol. The summed E-state index contributed by atoms with van der Waals surface area (Å²) >= 11 is 0. The van der Waals surface area contributed by atoms with E-state index in [4.69, 9.17) is 9.47 Å². The molecule has 0 aliphatic carbocycles. The number of methoxy groups -OCH3 is 2. The van der Waals surface area contributed by atoms with Gasteiger partial charge in [-0.2, -0.15) is 0 Å². The Kier molecular flexibility index (Phi) is 6.45. The van der Waals surface area contributed by atoms with Gasteiger partial charge in [0.25, 0.3) is 10.0 Å². The van der Waals surface area contributed by atoms with Crippen molar-refractivity contribution in [3.63, 3.8) is 0 Å². The van der Waals surface area contributed by atoms with E-state index in [-0.39, 0.29) is 10.6 Å². The Morgan fingerprint density at radius 3 is 2.25 bits per heavy atom. The van der Waals surface area contributed by atoms with E-state index in [0.29, 0.717) is 11.4 Å². The first-order chi connectivity index (χ1) is 15.5. The van der Waals surface area contributed by atoms with Crippen molar-refractivity contribution < 1.29 is 17.9 Å². The zero-order valence-corrected chi connectivity index (χ0v) is 18.9. The van der Waals surface area contributed by atoms with Gasteiger partial charge in [0, 0.05) is 30.4 Å². The first-order valence-electron chi connectivity index (χ1n) is 10.4. The standard InChI is InChI=1S/C23H26N4O4S/c1-30-19-10-12-21(31-2)22(16-19)32(28,29)26-18-8-6-17(7-9-18)20-11-13-23(25-24-20)27-14-4-3-5-15-27/h6-13,16,26H,3-5,14-15H2,1-2H3. The fourth-order valence-corrected chi connectivity index (χ4v) is 4.93. The summed E-state index contributed by atoms with van der Waals surface area (Å²) < 4.78 is 38.8. The Balaban J connectivity index is 1.50. The van der Waals surface area contributed by atoms with Crippen molar-refractivity contribution in [2.45, 2.75) is 24.2 Å². The number of hydrogen-bond acceptors (Lipinski definition) is 7. The first kappa shape index (κ1) is 21.9. The topological polar surface area (TPSA) is 93.6 Å². The van der Waals surface area contributed by atoms with E-state index in [1.807, 2.05) is 24.3 Å². The normalized spacial score (nSPS) is 14.1. The van der Waals surface area contributed by atoms with Gasteiger partial charge in [-0.05, 0) is 55.7 Å². The number of ether oxygens (including phenoxy) is 2. The minimum Gasteiger partial charge on any atom is -0.497 e. The van der Waals surface area contributed by atoms with E-state index in [2.05, 4.69) is 19.8 Å². The van der Waals surface area contributed by atoms with Gasteiger partial charge >= 0.3 is 0 Å². The van der Waals surface area contributed by atoms with E-state index in [9.17, 15) is 8.42 Å². The van der Waals surface area contributed by atoms with Crippen molar-refractivity contribution in [1.82, 2.24) is 10.2 Å². The number of rotatable bonds is 7. The zero-order valence-electron chi connectivity index (χ0n) is 18.1. The summed E-state index contributed by atoms with van der Waals surface area (Å²) in [6, 6.07) is 15.6. The summed E-state index contributed by atoms with van der Waals surface area (Å²) in [6.07, 6.45) is 3.63. The van der Waals surface area contributed by atoms with Crippen LogP contribution in [0.3, 0.4) is 0 Å². The SMILES string of the molecule is COc1ccc(OC)c(S(=O)(=O)Nc2ccc(-c3ccc(N4CCCCC4)nn3)cc2)c1. The molecule has 0 radical (unpaired) electrons. The second-order valence-corrected chi connectivity index (χ2v) is 9.17. The molecule has 1 fully saturated rings. The summed E-state index contributed by atoms with van der Waals surface area (Å²) in [6.45, 7) is 2.03. The second-order valence-electron chi connectivity index (χ2n) is 7.52. The molecule has 168 valence electrons. The van der Waals surface area contributed by atoms with E-state index >= 15 is 0 Å². The molecular formula is C23H26N4O4S. The summed E-state index contributed by atoms with van der Waals surface area (Å²) in [7, 11) is -0.970. The smallest absolute Gasteiger partial charge is 0.265 e. The molecule has 2 aromatic carbocycles. The van der Waals surface area contributed by atoms with Gasteiger partial charge in [0.05, 0.1) is 19.9 Å². The molecule has 4 rings (SSSR count). The van der Waals surface area contributed by atoms with Crippen LogP contribution in [0.2, 0.25) is 0 Å². The number of anilines is 2. The minimum atomic E-state index is -3.87. The summed E-state index contributed by atoms with van der Waals surface area (Å²) in [4.78, 5) is 2.26. The number of sulfonamides is 1. The molecule has 1 saturated heterocycles. The van der Waals surface area contributed by atoms with Crippen LogP contribution in [0.25, 0.3) is 11.3 Å². The molecule has 8 nitrogen and oxygen atoms in total. The van der Waals surface area contributed by atoms with Crippen molar-refractivity contribution in [3.05, 3.63) is 54.6 Å². The van der Waals surface area contributed by atoms with E-state index < -0.39 is 10.0 Å². The lowest BCUT2D eigenvalue weighted by molar-refractivity contribution is 0.392. The van der Waals surface area contributed by atoms with Crippen LogP contribution in [0.5, 0.6) is 11.5 Å². The largest absolute Gasteiger partial charge is 0.497 e. The molecule has 32 heavy (non-hydrogen) atoms. The fourth-order valence-electron chi connectivity index (χ4n) is 3.68. The number of hydrogen-bond donors (Lipinski definition) is 1. The summed E-state index contributed by atoms with van der Waals surface area (Å²) in [5.74, 6) is 1.55. The van der Waals surface area contributed by atoms with Crippen LogP contribution < -0.4 is 19.1 Å². The molecule has 0 atom stereocenters. The van der Waals surface area contributed by atoms with Crippen LogP contribution in [-0.2, 0) is 10.0 Å². The third-order valence-corrected chi connectivity index (χ3v) is 6.83. The molecular weight excluding hydrogens is 428 g/mol. The predicted molar refractivity (Wildman–Crippen MR) is 124 cm³/mol. The molecule has 0 amide bonds. The number of nitrogens with one attached hydrogen (secondary N) is 1. The van der Waals surface area contributed by atoms with Crippen molar-refractivity contribution in [1.29, 1.82) is 0 Å². The van der Waals surface area contributed by atoms with Crippen molar-refractivity contribution in [2.24, 2.45) is 0 Å². The summed E-state index contributed by atoms with van der Waals surface area (Å²) in [5, 5.41) is 8.73. The molecule has 1 aliphatic heterocycles. The van der Waals surface area contributed by atoms with Crippen LogP contribution in [0.4, 0.5) is 11.5 Å². The maximum absolute atomic E-state index is 12.9. The van der Waals surface area contributed by atoms with E-state index in [1.54, 1.807) is 24.3 Å². The van der Waals surface area contributed by atoms with Gasteiger partial charge in [-0.25, -0.2) is 8.42 Å². The molecule has 1 aromatic heterocycles. The fraction of sp³-hybridized carbons (Fsp3) is 0.304. The lowest BCUT2D eigenvalue weighted by atomic mass is 10.1. The molecule has 2 heterocycles. The minimum absolute atomic E-state index is 0.00240. The lowest BCUT2D eigenvalue weighted by Gasteiger charge is -2.27. The van der Waals surface area contributed by atoms with Crippen molar-refractivity contribution >= 4 is 21.5 Å². The van der Waals surface area contributed by atoms with Gasteiger partial charge < -0.3 is 14.4 Å². The molecule has 0 saturated carbocycles. The molecule has 1 aliphatic rings. The number of benzene rings is 2. The van der Waals surface area contributed by atoms with Crippen LogP contribution in [-0.4, -0.2) is 45.9 Å². The molecule has 3 aromatic rings. The summed E-state index contributed by atoms with van der Waals surface area (Å²) in [5.41, 5.74) is 2.01. The molecule has 0 spiro atoms. The molecule has 0 unspecified atom stereocenters. The lowest BCUT2D eigenvalue weighted by Crippen LogP contribution is -2.30. The molecule has 9 heteroatoms. The second kappa shape index (κ2) is 9.44. The van der Waals surface area contributed by atoms with Crippen molar-refractivity contribution in [3.8, 4) is 22.8 Å². The van der Waals surface area contributed by atoms with Crippen LogP contribution >= 0.6 is 0 Å². The highest BCUT2D eigenvalue weighted by atomic mass is 32.2. The first-order valence-corrected chi connectivity index (χ1v) is 11.9. The number of nitrogens with zero attached hydrogens (tertiary/aromatic N) is 3. The number of aromatic nitrogens is 2. The quantitative estimate of drug-likeness (QED) is 0.578. The van der Waals surface area contributed by atoms with Crippen molar-refractivity contribution in [2.75, 3.05) is 36.9 Å². The Hall–Kier alpha value is -3.33. The van der Waals surface area contributed by atoms with Gasteiger partial charge in [-0.1, -0.05) is 12.1 Å². The van der Waals surface area contributed by atoms with Gasteiger partial charge in [-0.3, -0.25) is 4.72 Å². The third-order valence-electron chi connectivity index (χ3n) is 5.42. The van der Waals surface area contributed by atoms with Gasteiger partial charge in [0.2, 0.25) is 0 Å². The van der Waals surface area contributed by atoms with Crippen LogP contribution in [0, 0.1) is 0 Å². The van der Waals surface area contributed by atoms with Gasteiger partial charge in [0.15, 0.2) is 5.82 Å². The van der Waals surface area contributed by atoms with E-state index in [0.717, 1.165) is 30.2 Å². The third kappa shape index (κ3) is 4.77. The zero-order chi connectivity index (χ0) is 22.6. The van der Waals surface area contributed by atoms with E-state index in [1.165, 1.54) is 39.5 Å². The number of piperidine rings is 1. The molecule has 1 N–H and O–H groups in total. The average Bonchev–Trinajstić information content (AvgIpc) is 2.84. The predicted octanol–water partition coefficient (Wildman–Crippen LogP) is 3.95. The Bertz CT molecular complexity index is 1160. The van der Waals surface area contributed by atoms with Gasteiger partial charge in [0.1, 0.15) is 16.4 Å². The Morgan fingerprint density at radius 2 is 1.62 bits per heavy atom. The highest BCUT2D eigenvalue weighted by Gasteiger charge is 2.21.